The van der Waals surface area contributed by atoms with Crippen molar-refractivity contribution in [1.29, 1.82) is 0 Å². The van der Waals surface area contributed by atoms with Gasteiger partial charge >= 0.3 is 5.97 Å². The number of carboxylic acids is 1. The molecule has 0 radical (unpaired) electrons. The van der Waals surface area contributed by atoms with Crippen LogP contribution in [-0.4, -0.2) is 33.8 Å². The lowest BCUT2D eigenvalue weighted by atomic mass is 10.2. The standard InChI is InChI=1S/C14H16N2O4/c1-2-13-15-9-7-11-12(20-6-5-19-11)8-10(9)16(13)4-3-14(17)18/h7-8H,2-6H2,1H3,(H,17,18). The predicted octanol–water partition coefficient (Wildman–Crippen LogP) is 1.84. The number of benzene rings is 1. The summed E-state index contributed by atoms with van der Waals surface area (Å²) in [4.78, 5) is 15.3. The number of aryl methyl sites for hydroxylation is 2. The summed E-state index contributed by atoms with van der Waals surface area (Å²) in [6, 6.07) is 3.75. The Bertz CT molecular complexity index is 663. The molecule has 0 aliphatic carbocycles. The summed E-state index contributed by atoms with van der Waals surface area (Å²) in [5.74, 6) is 1.47. The van der Waals surface area contributed by atoms with Crippen molar-refractivity contribution in [3.8, 4) is 11.5 Å². The van der Waals surface area contributed by atoms with E-state index >= 15 is 0 Å². The third kappa shape index (κ3) is 2.17. The van der Waals surface area contributed by atoms with Crippen molar-refractivity contribution in [3.05, 3.63) is 18.0 Å². The molecule has 1 aromatic heterocycles. The molecule has 0 atom stereocenters. The van der Waals surface area contributed by atoms with Crippen LogP contribution in [0.1, 0.15) is 19.2 Å². The van der Waals surface area contributed by atoms with Gasteiger partial charge in [0.05, 0.1) is 17.5 Å². The van der Waals surface area contributed by atoms with Gasteiger partial charge in [0.2, 0.25) is 0 Å². The zero-order chi connectivity index (χ0) is 14.1. The summed E-state index contributed by atoms with van der Waals surface area (Å²) >= 11 is 0. The number of carbonyl (C=O) groups is 1. The monoisotopic (exact) mass is 276 g/mol. The van der Waals surface area contributed by atoms with Crippen molar-refractivity contribution in [3.63, 3.8) is 0 Å². The Morgan fingerprint density at radius 2 is 2.05 bits per heavy atom. The second kappa shape index (κ2) is 5.03. The van der Waals surface area contributed by atoms with Gasteiger partial charge in [-0.3, -0.25) is 4.79 Å². The van der Waals surface area contributed by atoms with Gasteiger partial charge in [-0.05, 0) is 0 Å². The molecule has 3 rings (SSSR count). The van der Waals surface area contributed by atoms with Gasteiger partial charge in [0, 0.05) is 25.1 Å². The van der Waals surface area contributed by atoms with Crippen molar-refractivity contribution in [2.24, 2.45) is 0 Å². The summed E-state index contributed by atoms with van der Waals surface area (Å²) in [5, 5.41) is 8.86. The number of nitrogens with zero attached hydrogens (tertiary/aromatic N) is 2. The number of ether oxygens (including phenoxy) is 2. The van der Waals surface area contributed by atoms with Gasteiger partial charge in [-0.2, -0.15) is 0 Å². The molecule has 0 spiro atoms. The first-order chi connectivity index (χ1) is 9.69. The first kappa shape index (κ1) is 12.8. The molecule has 1 aliphatic heterocycles. The zero-order valence-electron chi connectivity index (χ0n) is 11.3. The highest BCUT2D eigenvalue weighted by Crippen LogP contribution is 2.34. The number of aromatic nitrogens is 2. The minimum atomic E-state index is -0.813. The average molecular weight is 276 g/mol. The molecule has 0 amide bonds. The van der Waals surface area contributed by atoms with Gasteiger partial charge in [-0.1, -0.05) is 6.92 Å². The molecule has 2 heterocycles. The van der Waals surface area contributed by atoms with Gasteiger partial charge < -0.3 is 19.1 Å². The SMILES string of the molecule is CCc1nc2cc3c(cc2n1CCC(=O)O)OCCO3. The molecule has 0 bridgehead atoms. The molecule has 6 nitrogen and oxygen atoms in total. The van der Waals surface area contributed by atoms with Crippen LogP contribution in [0.5, 0.6) is 11.5 Å². The number of aliphatic carboxylic acids is 1. The van der Waals surface area contributed by atoms with Crippen molar-refractivity contribution in [2.45, 2.75) is 26.3 Å². The fourth-order valence-corrected chi connectivity index (χ4v) is 2.44. The number of rotatable bonds is 4. The normalized spacial score (nSPS) is 13.7. The molecule has 2 aromatic rings. The van der Waals surface area contributed by atoms with Gasteiger partial charge in [0.1, 0.15) is 19.0 Å². The molecule has 0 unspecified atom stereocenters. The molecule has 1 aliphatic rings. The van der Waals surface area contributed by atoms with Crippen LogP contribution < -0.4 is 9.47 Å². The summed E-state index contributed by atoms with van der Waals surface area (Å²) < 4.78 is 13.1. The number of hydrogen-bond donors (Lipinski definition) is 1. The van der Waals surface area contributed by atoms with Gasteiger partial charge in [-0.15, -0.1) is 0 Å². The summed E-state index contributed by atoms with van der Waals surface area (Å²) in [5.41, 5.74) is 1.71. The predicted molar refractivity (Wildman–Crippen MR) is 72.4 cm³/mol. The molecule has 106 valence electrons. The van der Waals surface area contributed by atoms with E-state index < -0.39 is 5.97 Å². The highest BCUT2D eigenvalue weighted by atomic mass is 16.6. The van der Waals surface area contributed by atoms with E-state index in [9.17, 15) is 4.79 Å². The highest BCUT2D eigenvalue weighted by Gasteiger charge is 2.17. The van der Waals surface area contributed by atoms with Crippen LogP contribution in [0, 0.1) is 0 Å². The lowest BCUT2D eigenvalue weighted by molar-refractivity contribution is -0.137. The minimum Gasteiger partial charge on any atom is -0.486 e. The van der Waals surface area contributed by atoms with E-state index in [2.05, 4.69) is 4.98 Å². The molecular formula is C14H16N2O4. The second-order valence-electron chi connectivity index (χ2n) is 4.66. The Hall–Kier alpha value is -2.24. The Kier molecular flexibility index (Phi) is 3.22. The van der Waals surface area contributed by atoms with Crippen molar-refractivity contribution in [2.75, 3.05) is 13.2 Å². The van der Waals surface area contributed by atoms with E-state index in [1.165, 1.54) is 0 Å². The fraction of sp³-hybridized carbons (Fsp3) is 0.429. The van der Waals surface area contributed by atoms with Crippen LogP contribution >= 0.6 is 0 Å². The van der Waals surface area contributed by atoms with Crippen LogP contribution in [0.25, 0.3) is 11.0 Å². The lowest BCUT2D eigenvalue weighted by Gasteiger charge is -2.18. The quantitative estimate of drug-likeness (QED) is 0.922. The van der Waals surface area contributed by atoms with Crippen molar-refractivity contribution in [1.82, 2.24) is 9.55 Å². The topological polar surface area (TPSA) is 73.6 Å². The summed E-state index contributed by atoms with van der Waals surface area (Å²) in [7, 11) is 0. The Balaban J connectivity index is 2.08. The maximum absolute atomic E-state index is 10.8. The third-order valence-corrected chi connectivity index (χ3v) is 3.36. The minimum absolute atomic E-state index is 0.0763. The number of fused-ring (bicyclic) bond motifs is 2. The zero-order valence-corrected chi connectivity index (χ0v) is 11.3. The third-order valence-electron chi connectivity index (χ3n) is 3.36. The molecule has 0 saturated carbocycles. The average Bonchev–Trinajstić information content (AvgIpc) is 2.79. The summed E-state index contributed by atoms with van der Waals surface area (Å²) in [6.07, 6.45) is 0.827. The first-order valence-electron chi connectivity index (χ1n) is 6.69. The molecule has 0 saturated heterocycles. The van der Waals surface area contributed by atoms with Gasteiger partial charge in [0.15, 0.2) is 11.5 Å². The van der Waals surface area contributed by atoms with E-state index in [0.717, 1.165) is 23.3 Å². The first-order valence-corrected chi connectivity index (χ1v) is 6.69. The Morgan fingerprint density at radius 1 is 1.35 bits per heavy atom. The van der Waals surface area contributed by atoms with E-state index in [-0.39, 0.29) is 6.42 Å². The lowest BCUT2D eigenvalue weighted by Crippen LogP contribution is -2.15. The molecule has 0 fully saturated rings. The number of carboxylic acid groups (broad SMARTS) is 1. The number of hydrogen-bond acceptors (Lipinski definition) is 4. The fourth-order valence-electron chi connectivity index (χ4n) is 2.44. The number of imidazole rings is 1. The van der Waals surface area contributed by atoms with Crippen molar-refractivity contribution < 1.29 is 19.4 Å². The molecule has 1 aromatic carbocycles. The maximum atomic E-state index is 10.8. The van der Waals surface area contributed by atoms with E-state index in [0.29, 0.717) is 31.3 Å². The van der Waals surface area contributed by atoms with Crippen LogP contribution in [-0.2, 0) is 17.8 Å². The van der Waals surface area contributed by atoms with Crippen molar-refractivity contribution >= 4 is 17.0 Å². The van der Waals surface area contributed by atoms with Crippen LogP contribution in [0.3, 0.4) is 0 Å². The Labute approximate surface area is 115 Å². The second-order valence-corrected chi connectivity index (χ2v) is 4.66. The van der Waals surface area contributed by atoms with E-state index in [1.54, 1.807) is 0 Å². The Morgan fingerprint density at radius 3 is 2.70 bits per heavy atom. The molecule has 20 heavy (non-hydrogen) atoms. The van der Waals surface area contributed by atoms with Gasteiger partial charge in [0.25, 0.3) is 0 Å². The summed E-state index contributed by atoms with van der Waals surface area (Å²) in [6.45, 7) is 3.49. The molecule has 6 heteroatoms. The maximum Gasteiger partial charge on any atom is 0.305 e. The van der Waals surface area contributed by atoms with Gasteiger partial charge in [-0.25, -0.2) is 4.98 Å². The van der Waals surface area contributed by atoms with Crippen LogP contribution in [0.15, 0.2) is 12.1 Å². The van der Waals surface area contributed by atoms with Crippen LogP contribution in [0.4, 0.5) is 0 Å². The smallest absolute Gasteiger partial charge is 0.305 e. The largest absolute Gasteiger partial charge is 0.486 e. The molecular weight excluding hydrogens is 260 g/mol. The molecule has 1 N–H and O–H groups in total. The highest BCUT2D eigenvalue weighted by molar-refractivity contribution is 5.81. The van der Waals surface area contributed by atoms with E-state index in [1.807, 2.05) is 23.6 Å². The van der Waals surface area contributed by atoms with Crippen LogP contribution in [0.2, 0.25) is 0 Å². The van der Waals surface area contributed by atoms with E-state index in [4.69, 9.17) is 14.6 Å².